The Labute approximate surface area is 158 Å². The van der Waals surface area contributed by atoms with Crippen LogP contribution in [0, 0.1) is 19.8 Å². The summed E-state index contributed by atoms with van der Waals surface area (Å²) in [6.45, 7) is 7.47. The zero-order chi connectivity index (χ0) is 20.1. The number of rotatable bonds is 8. The van der Waals surface area contributed by atoms with Gasteiger partial charge in [-0.15, -0.1) is 0 Å². The van der Waals surface area contributed by atoms with E-state index in [2.05, 4.69) is 10.6 Å². The molecule has 3 N–H and O–H groups in total. The van der Waals surface area contributed by atoms with Crippen molar-refractivity contribution in [2.75, 3.05) is 6.54 Å². The van der Waals surface area contributed by atoms with Gasteiger partial charge in [0.15, 0.2) is 0 Å². The predicted molar refractivity (Wildman–Crippen MR) is 101 cm³/mol. The van der Waals surface area contributed by atoms with E-state index in [1.165, 1.54) is 0 Å². The van der Waals surface area contributed by atoms with Gasteiger partial charge in [-0.05, 0) is 49.4 Å². The van der Waals surface area contributed by atoms with Crippen LogP contribution in [-0.4, -0.2) is 35.5 Å². The molecule has 0 radical (unpaired) electrons. The minimum atomic E-state index is -1.08. The fraction of sp³-hybridized carbons (Fsp3) is 0.450. The van der Waals surface area contributed by atoms with Crippen molar-refractivity contribution >= 4 is 28.8 Å². The standard InChI is InChI=1S/C20H26N2O5/c1-11(2)5-16(20(25)26)22-19(24)9-21-18(23)8-14-10-27-17-7-13(4)12(3)6-15(14)17/h6-7,10-11,16H,5,8-9H2,1-4H3,(H,21,23)(H,22,24)(H,25,26)/t16-/m0/s1. The van der Waals surface area contributed by atoms with Gasteiger partial charge in [-0.2, -0.15) is 0 Å². The summed E-state index contributed by atoms with van der Waals surface area (Å²) in [6.07, 6.45) is 1.96. The van der Waals surface area contributed by atoms with Crippen LogP contribution < -0.4 is 10.6 Å². The van der Waals surface area contributed by atoms with E-state index in [1.807, 2.05) is 39.8 Å². The Morgan fingerprint density at radius 3 is 2.41 bits per heavy atom. The Balaban J connectivity index is 1.91. The highest BCUT2D eigenvalue weighted by atomic mass is 16.4. The van der Waals surface area contributed by atoms with Gasteiger partial charge in [-0.25, -0.2) is 4.79 Å². The summed E-state index contributed by atoms with van der Waals surface area (Å²) >= 11 is 0. The van der Waals surface area contributed by atoms with Crippen molar-refractivity contribution in [2.45, 2.75) is 46.6 Å². The number of carbonyl (C=O) groups excluding carboxylic acids is 2. The van der Waals surface area contributed by atoms with Gasteiger partial charge in [0.1, 0.15) is 11.6 Å². The Morgan fingerprint density at radius 2 is 1.78 bits per heavy atom. The summed E-state index contributed by atoms with van der Waals surface area (Å²) in [7, 11) is 0. The van der Waals surface area contributed by atoms with Gasteiger partial charge in [0.25, 0.3) is 0 Å². The second-order valence-corrected chi connectivity index (χ2v) is 7.23. The number of furan rings is 1. The molecule has 1 atom stereocenters. The molecule has 2 aromatic rings. The molecule has 1 aromatic carbocycles. The molecule has 7 nitrogen and oxygen atoms in total. The van der Waals surface area contributed by atoms with Crippen molar-refractivity contribution in [3.63, 3.8) is 0 Å². The maximum Gasteiger partial charge on any atom is 0.326 e. The quantitative estimate of drug-likeness (QED) is 0.657. The highest BCUT2D eigenvalue weighted by molar-refractivity contribution is 5.91. The molecule has 0 fully saturated rings. The summed E-state index contributed by atoms with van der Waals surface area (Å²) in [5, 5.41) is 15.0. The van der Waals surface area contributed by atoms with Gasteiger partial charge in [-0.1, -0.05) is 13.8 Å². The molecular weight excluding hydrogens is 348 g/mol. The van der Waals surface area contributed by atoms with E-state index in [9.17, 15) is 14.4 Å². The lowest BCUT2D eigenvalue weighted by Gasteiger charge is -2.16. The third-order valence-electron chi connectivity index (χ3n) is 4.41. The van der Waals surface area contributed by atoms with E-state index in [4.69, 9.17) is 9.52 Å². The molecule has 0 unspecified atom stereocenters. The molecule has 0 aliphatic heterocycles. The Bertz CT molecular complexity index is 853. The molecule has 146 valence electrons. The SMILES string of the molecule is Cc1cc2occ(CC(=O)NCC(=O)N[C@@H](CC(C)C)C(=O)O)c2cc1C. The van der Waals surface area contributed by atoms with E-state index < -0.39 is 17.9 Å². The van der Waals surface area contributed by atoms with Crippen LogP contribution in [0.5, 0.6) is 0 Å². The summed E-state index contributed by atoms with van der Waals surface area (Å²) in [5.41, 5.74) is 3.68. The average molecular weight is 374 g/mol. The van der Waals surface area contributed by atoms with Crippen molar-refractivity contribution < 1.29 is 23.9 Å². The number of amides is 2. The molecule has 0 saturated carbocycles. The lowest BCUT2D eigenvalue weighted by molar-refractivity contribution is -0.142. The fourth-order valence-electron chi connectivity index (χ4n) is 2.83. The maximum absolute atomic E-state index is 12.2. The van der Waals surface area contributed by atoms with Crippen molar-refractivity contribution in [1.29, 1.82) is 0 Å². The predicted octanol–water partition coefficient (Wildman–Crippen LogP) is 2.32. The number of benzene rings is 1. The second kappa shape index (κ2) is 8.70. The van der Waals surface area contributed by atoms with Gasteiger partial charge >= 0.3 is 5.97 Å². The fourth-order valence-corrected chi connectivity index (χ4v) is 2.83. The van der Waals surface area contributed by atoms with Crippen LogP contribution in [0.1, 0.15) is 37.0 Å². The molecular formula is C20H26N2O5. The molecule has 2 rings (SSSR count). The molecule has 1 heterocycles. The summed E-state index contributed by atoms with van der Waals surface area (Å²) in [4.78, 5) is 35.3. The highest BCUT2D eigenvalue weighted by Crippen LogP contribution is 2.25. The van der Waals surface area contributed by atoms with Crippen LogP contribution in [0.15, 0.2) is 22.8 Å². The number of nitrogens with one attached hydrogen (secondary N) is 2. The van der Waals surface area contributed by atoms with E-state index in [-0.39, 0.29) is 24.8 Å². The lowest BCUT2D eigenvalue weighted by Crippen LogP contribution is -2.46. The van der Waals surface area contributed by atoms with Crippen LogP contribution in [0.4, 0.5) is 0 Å². The zero-order valence-electron chi connectivity index (χ0n) is 16.1. The van der Waals surface area contributed by atoms with Gasteiger partial charge in [0.2, 0.25) is 11.8 Å². The molecule has 0 aliphatic rings. The minimum absolute atomic E-state index is 0.0805. The minimum Gasteiger partial charge on any atom is -0.480 e. The van der Waals surface area contributed by atoms with Crippen LogP contribution in [0.3, 0.4) is 0 Å². The highest BCUT2D eigenvalue weighted by Gasteiger charge is 2.21. The molecule has 1 aromatic heterocycles. The molecule has 2 amide bonds. The van der Waals surface area contributed by atoms with Crippen LogP contribution in [0.2, 0.25) is 0 Å². The van der Waals surface area contributed by atoms with Crippen molar-refractivity contribution in [3.05, 3.63) is 35.1 Å². The van der Waals surface area contributed by atoms with Gasteiger partial charge in [0.05, 0.1) is 19.2 Å². The average Bonchev–Trinajstić information content (AvgIpc) is 2.94. The smallest absolute Gasteiger partial charge is 0.326 e. The number of aliphatic carboxylic acids is 1. The van der Waals surface area contributed by atoms with Crippen LogP contribution in [0.25, 0.3) is 11.0 Å². The first-order valence-electron chi connectivity index (χ1n) is 8.93. The van der Waals surface area contributed by atoms with Crippen LogP contribution in [-0.2, 0) is 20.8 Å². The number of hydrogen-bond acceptors (Lipinski definition) is 4. The molecule has 0 aliphatic carbocycles. The monoisotopic (exact) mass is 374 g/mol. The number of fused-ring (bicyclic) bond motifs is 1. The summed E-state index contributed by atoms with van der Waals surface area (Å²) < 4.78 is 5.50. The Morgan fingerprint density at radius 1 is 1.11 bits per heavy atom. The topological polar surface area (TPSA) is 109 Å². The first-order valence-corrected chi connectivity index (χ1v) is 8.93. The number of carboxylic acid groups (broad SMARTS) is 1. The third kappa shape index (κ3) is 5.57. The van der Waals surface area contributed by atoms with Crippen molar-refractivity contribution in [1.82, 2.24) is 10.6 Å². The van der Waals surface area contributed by atoms with E-state index in [1.54, 1.807) is 6.26 Å². The normalized spacial score (nSPS) is 12.2. The number of carboxylic acids is 1. The summed E-state index contributed by atoms with van der Waals surface area (Å²) in [5.74, 6) is -1.82. The van der Waals surface area contributed by atoms with Gasteiger partial charge in [0, 0.05) is 10.9 Å². The number of hydrogen-bond donors (Lipinski definition) is 3. The Hall–Kier alpha value is -2.83. The van der Waals surface area contributed by atoms with E-state index >= 15 is 0 Å². The largest absolute Gasteiger partial charge is 0.480 e. The molecule has 27 heavy (non-hydrogen) atoms. The number of carbonyl (C=O) groups is 3. The number of aryl methyl sites for hydroxylation is 2. The van der Waals surface area contributed by atoms with E-state index in [0.29, 0.717) is 6.42 Å². The van der Waals surface area contributed by atoms with Gasteiger partial charge in [-0.3, -0.25) is 9.59 Å². The molecule has 7 heteroatoms. The first kappa shape index (κ1) is 20.5. The maximum atomic E-state index is 12.2. The summed E-state index contributed by atoms with van der Waals surface area (Å²) in [6, 6.07) is 2.95. The van der Waals surface area contributed by atoms with Crippen LogP contribution >= 0.6 is 0 Å². The second-order valence-electron chi connectivity index (χ2n) is 7.23. The lowest BCUT2D eigenvalue weighted by atomic mass is 10.0. The van der Waals surface area contributed by atoms with Crippen molar-refractivity contribution in [2.24, 2.45) is 5.92 Å². The Kier molecular flexibility index (Phi) is 6.60. The zero-order valence-corrected chi connectivity index (χ0v) is 16.1. The third-order valence-corrected chi connectivity index (χ3v) is 4.41. The first-order chi connectivity index (χ1) is 12.7. The molecule has 0 bridgehead atoms. The van der Waals surface area contributed by atoms with E-state index in [0.717, 1.165) is 27.7 Å². The molecule has 0 saturated heterocycles. The van der Waals surface area contributed by atoms with Crippen molar-refractivity contribution in [3.8, 4) is 0 Å². The van der Waals surface area contributed by atoms with Gasteiger partial charge < -0.3 is 20.2 Å². The molecule has 0 spiro atoms.